The normalized spacial score (nSPS) is 11.2. The Morgan fingerprint density at radius 2 is 2.00 bits per heavy atom. The third-order valence-corrected chi connectivity index (χ3v) is 2.18. The average Bonchev–Trinajstić information content (AvgIpc) is 2.21. The minimum Gasteiger partial charge on any atom is -0.370 e. The second-order valence-corrected chi connectivity index (χ2v) is 3.54. The van der Waals surface area contributed by atoms with Crippen LogP contribution in [0.15, 0.2) is 23.2 Å². The second-order valence-electron chi connectivity index (χ2n) is 3.54. The van der Waals surface area contributed by atoms with Crippen molar-refractivity contribution >= 4 is 35.6 Å². The highest BCUT2D eigenvalue weighted by Gasteiger charge is 2.01. The molecule has 0 spiro atoms. The number of nitrogens with one attached hydrogen (secondary N) is 1. The number of nitrogens with two attached hydrogens (primary N) is 1. The van der Waals surface area contributed by atoms with E-state index in [0.29, 0.717) is 0 Å². The number of aliphatic imine (C=N–C) groups is 1. The Labute approximate surface area is 117 Å². The second kappa shape index (κ2) is 7.41. The predicted molar refractivity (Wildman–Crippen MR) is 77.4 cm³/mol. The molecule has 0 atom stereocenters. The molecule has 17 heavy (non-hydrogen) atoms. The van der Waals surface area contributed by atoms with Crippen LogP contribution < -0.4 is 11.1 Å². The van der Waals surface area contributed by atoms with Gasteiger partial charge in [0, 0.05) is 5.69 Å². The fourth-order valence-electron chi connectivity index (χ4n) is 1.17. The molecule has 0 unspecified atom stereocenters. The minimum atomic E-state index is -2.47. The van der Waals surface area contributed by atoms with Crippen LogP contribution in [-0.2, 0) is 0 Å². The van der Waals surface area contributed by atoms with Gasteiger partial charge in [0.15, 0.2) is 5.96 Å². The third kappa shape index (κ3) is 5.81. The van der Waals surface area contributed by atoms with E-state index in [1.165, 1.54) is 0 Å². The lowest BCUT2D eigenvalue weighted by molar-refractivity contribution is 0.158. The number of alkyl halides is 2. The monoisotopic (exact) mass is 355 g/mol. The van der Waals surface area contributed by atoms with Crippen molar-refractivity contribution in [3.8, 4) is 0 Å². The quantitative estimate of drug-likeness (QED) is 0.498. The number of aryl methyl sites for hydroxylation is 2. The molecule has 96 valence electrons. The summed E-state index contributed by atoms with van der Waals surface area (Å²) in [5, 5.41) is 2.76. The summed E-state index contributed by atoms with van der Waals surface area (Å²) in [6, 6.07) is 5.64. The number of halogens is 3. The van der Waals surface area contributed by atoms with Crippen LogP contribution >= 0.6 is 24.0 Å². The van der Waals surface area contributed by atoms with Crippen molar-refractivity contribution in [1.29, 1.82) is 0 Å². The Morgan fingerprint density at radius 3 is 2.53 bits per heavy atom. The van der Waals surface area contributed by atoms with Crippen LogP contribution in [-0.4, -0.2) is 18.9 Å². The molecular weight excluding hydrogens is 339 g/mol. The van der Waals surface area contributed by atoms with E-state index in [4.69, 9.17) is 5.73 Å². The highest BCUT2D eigenvalue weighted by molar-refractivity contribution is 14.0. The van der Waals surface area contributed by atoms with Crippen LogP contribution in [0.3, 0.4) is 0 Å². The average molecular weight is 355 g/mol. The van der Waals surface area contributed by atoms with Gasteiger partial charge in [0.25, 0.3) is 6.43 Å². The van der Waals surface area contributed by atoms with Gasteiger partial charge in [-0.1, -0.05) is 6.07 Å². The summed E-state index contributed by atoms with van der Waals surface area (Å²) in [6.07, 6.45) is -2.47. The Morgan fingerprint density at radius 1 is 1.35 bits per heavy atom. The number of hydrogen-bond donors (Lipinski definition) is 2. The zero-order chi connectivity index (χ0) is 12.1. The highest BCUT2D eigenvalue weighted by atomic mass is 127. The van der Waals surface area contributed by atoms with E-state index in [1.54, 1.807) is 0 Å². The molecular formula is C11H16F2IN3. The van der Waals surface area contributed by atoms with Crippen molar-refractivity contribution in [3.05, 3.63) is 29.3 Å². The van der Waals surface area contributed by atoms with Gasteiger partial charge >= 0.3 is 0 Å². The molecule has 1 rings (SSSR count). The summed E-state index contributed by atoms with van der Waals surface area (Å²) in [4.78, 5) is 3.50. The molecule has 0 bridgehead atoms. The van der Waals surface area contributed by atoms with E-state index in [0.717, 1.165) is 16.8 Å². The summed E-state index contributed by atoms with van der Waals surface area (Å²) in [7, 11) is 0. The van der Waals surface area contributed by atoms with E-state index in [1.807, 2.05) is 32.0 Å². The summed E-state index contributed by atoms with van der Waals surface area (Å²) in [5.74, 6) is 0.00329. The third-order valence-electron chi connectivity index (χ3n) is 2.18. The Balaban J connectivity index is 0.00000256. The Hall–Kier alpha value is -0.920. The van der Waals surface area contributed by atoms with Gasteiger partial charge in [-0.3, -0.25) is 0 Å². The molecule has 3 nitrogen and oxygen atoms in total. The molecule has 0 aliphatic carbocycles. The van der Waals surface area contributed by atoms with Crippen LogP contribution in [0.1, 0.15) is 11.1 Å². The largest absolute Gasteiger partial charge is 0.370 e. The smallest absolute Gasteiger partial charge is 0.257 e. The number of hydrogen-bond acceptors (Lipinski definition) is 1. The van der Waals surface area contributed by atoms with Crippen molar-refractivity contribution in [1.82, 2.24) is 0 Å². The maximum Gasteiger partial charge on any atom is 0.257 e. The molecule has 0 aromatic heterocycles. The standard InChI is InChI=1S/C11H15F2N3.HI/c1-7-3-4-9(5-8(7)2)16-11(14)15-6-10(12)13;/h3-5,10H,6H2,1-2H3,(H3,14,15,16);1H. The molecule has 0 aliphatic rings. The molecule has 0 heterocycles. The van der Waals surface area contributed by atoms with Crippen LogP contribution in [0.25, 0.3) is 0 Å². The van der Waals surface area contributed by atoms with Gasteiger partial charge in [-0.25, -0.2) is 13.8 Å². The van der Waals surface area contributed by atoms with Crippen molar-refractivity contribution in [2.75, 3.05) is 11.9 Å². The number of anilines is 1. The van der Waals surface area contributed by atoms with E-state index in [9.17, 15) is 8.78 Å². The van der Waals surface area contributed by atoms with Gasteiger partial charge in [0.2, 0.25) is 0 Å². The van der Waals surface area contributed by atoms with Gasteiger partial charge < -0.3 is 11.1 Å². The molecule has 0 fully saturated rings. The number of guanidine groups is 1. The molecule has 0 radical (unpaired) electrons. The van der Waals surface area contributed by atoms with E-state index >= 15 is 0 Å². The van der Waals surface area contributed by atoms with E-state index in [2.05, 4.69) is 10.3 Å². The Kier molecular flexibility index (Phi) is 7.01. The first-order valence-electron chi connectivity index (χ1n) is 4.91. The van der Waals surface area contributed by atoms with Gasteiger partial charge in [-0.2, -0.15) is 0 Å². The molecule has 3 N–H and O–H groups in total. The first-order valence-corrected chi connectivity index (χ1v) is 4.91. The number of benzene rings is 1. The fraction of sp³-hybridized carbons (Fsp3) is 0.364. The molecule has 0 amide bonds. The van der Waals surface area contributed by atoms with Crippen LogP contribution in [0, 0.1) is 13.8 Å². The van der Waals surface area contributed by atoms with E-state index < -0.39 is 13.0 Å². The van der Waals surface area contributed by atoms with Crippen molar-refractivity contribution in [2.45, 2.75) is 20.3 Å². The molecule has 0 aliphatic heterocycles. The fourth-order valence-corrected chi connectivity index (χ4v) is 1.17. The summed E-state index contributed by atoms with van der Waals surface area (Å²) >= 11 is 0. The van der Waals surface area contributed by atoms with Crippen LogP contribution in [0.5, 0.6) is 0 Å². The summed E-state index contributed by atoms with van der Waals surface area (Å²) < 4.78 is 23.7. The summed E-state index contributed by atoms with van der Waals surface area (Å²) in [5.41, 5.74) is 8.46. The molecule has 0 saturated heterocycles. The summed E-state index contributed by atoms with van der Waals surface area (Å²) in [6.45, 7) is 3.38. The highest BCUT2D eigenvalue weighted by Crippen LogP contribution is 2.13. The number of nitrogens with zero attached hydrogens (tertiary/aromatic N) is 1. The molecule has 0 saturated carbocycles. The first-order chi connectivity index (χ1) is 7.49. The maximum atomic E-state index is 11.9. The van der Waals surface area contributed by atoms with Crippen molar-refractivity contribution < 1.29 is 8.78 Å². The molecule has 1 aromatic carbocycles. The zero-order valence-electron chi connectivity index (χ0n) is 9.71. The SMILES string of the molecule is Cc1ccc(NC(N)=NCC(F)F)cc1C.I. The van der Waals surface area contributed by atoms with Crippen LogP contribution in [0.4, 0.5) is 14.5 Å². The topological polar surface area (TPSA) is 50.4 Å². The zero-order valence-corrected chi connectivity index (χ0v) is 12.0. The maximum absolute atomic E-state index is 11.9. The first kappa shape index (κ1) is 16.1. The number of rotatable bonds is 3. The van der Waals surface area contributed by atoms with E-state index in [-0.39, 0.29) is 29.9 Å². The van der Waals surface area contributed by atoms with Crippen molar-refractivity contribution in [2.24, 2.45) is 10.7 Å². The van der Waals surface area contributed by atoms with Crippen LogP contribution in [0.2, 0.25) is 0 Å². The van der Waals surface area contributed by atoms with Gasteiger partial charge in [-0.15, -0.1) is 24.0 Å². The molecule has 6 heteroatoms. The minimum absolute atomic E-state index is 0. The van der Waals surface area contributed by atoms with Gasteiger partial charge in [-0.05, 0) is 37.1 Å². The van der Waals surface area contributed by atoms with Crippen molar-refractivity contribution in [3.63, 3.8) is 0 Å². The lowest BCUT2D eigenvalue weighted by Crippen LogP contribution is -2.23. The Bertz CT molecular complexity index is 394. The molecule has 1 aromatic rings. The van der Waals surface area contributed by atoms with Gasteiger partial charge in [0.1, 0.15) is 6.54 Å². The predicted octanol–water partition coefficient (Wildman–Crippen LogP) is 2.91. The lowest BCUT2D eigenvalue weighted by Gasteiger charge is -2.07. The lowest BCUT2D eigenvalue weighted by atomic mass is 10.1. The van der Waals surface area contributed by atoms with Gasteiger partial charge in [0.05, 0.1) is 0 Å².